The van der Waals surface area contributed by atoms with Crippen molar-refractivity contribution in [1.82, 2.24) is 0 Å². The molecule has 1 unspecified atom stereocenters. The highest BCUT2D eigenvalue weighted by Crippen LogP contribution is 2.21. The first-order valence-corrected chi connectivity index (χ1v) is 5.08. The van der Waals surface area contributed by atoms with E-state index in [0.717, 1.165) is 16.7 Å². The molecule has 0 fully saturated rings. The van der Waals surface area contributed by atoms with E-state index in [4.69, 9.17) is 5.73 Å². The van der Waals surface area contributed by atoms with Crippen molar-refractivity contribution < 1.29 is 14.6 Å². The van der Waals surface area contributed by atoms with Crippen LogP contribution >= 0.6 is 12.4 Å². The topological polar surface area (TPSA) is 72.5 Å². The Bertz CT molecular complexity index is 384. The van der Waals surface area contributed by atoms with E-state index in [1.165, 1.54) is 7.11 Å². The van der Waals surface area contributed by atoms with E-state index >= 15 is 0 Å². The Morgan fingerprint density at radius 2 is 1.88 bits per heavy atom. The fourth-order valence-corrected chi connectivity index (χ4v) is 1.75. The summed E-state index contributed by atoms with van der Waals surface area (Å²) < 4.78 is 4.57. The van der Waals surface area contributed by atoms with Gasteiger partial charge in [0.1, 0.15) is 11.8 Å². The number of phenolic OH excluding ortho intramolecular Hbond substituents is 1. The predicted molar refractivity (Wildman–Crippen MR) is 68.5 cm³/mol. The zero-order valence-corrected chi connectivity index (χ0v) is 11.0. The summed E-state index contributed by atoms with van der Waals surface area (Å²) in [6.07, 6.45) is 0.421. The molecule has 5 heteroatoms. The second-order valence-corrected chi connectivity index (χ2v) is 3.89. The second kappa shape index (κ2) is 6.47. The molecule has 0 radical (unpaired) electrons. The van der Waals surface area contributed by atoms with Crippen LogP contribution < -0.4 is 5.73 Å². The number of aromatic hydroxyl groups is 1. The summed E-state index contributed by atoms with van der Waals surface area (Å²) in [6, 6.07) is 2.66. The van der Waals surface area contributed by atoms with Crippen LogP contribution in [0.1, 0.15) is 16.7 Å². The number of aryl methyl sites for hydroxylation is 2. The summed E-state index contributed by atoms with van der Waals surface area (Å²) in [5.74, 6) is -0.197. The predicted octanol–water partition coefficient (Wildman–Crippen LogP) is 1.47. The number of carbonyl (C=O) groups excluding carboxylic acids is 1. The molecule has 1 atom stereocenters. The van der Waals surface area contributed by atoms with E-state index < -0.39 is 12.0 Å². The molecule has 0 aromatic heterocycles. The molecule has 96 valence electrons. The Labute approximate surface area is 107 Å². The highest BCUT2D eigenvalue weighted by molar-refractivity contribution is 5.85. The van der Waals surface area contributed by atoms with Gasteiger partial charge in [-0.1, -0.05) is 0 Å². The number of nitrogens with two attached hydrogens (primary N) is 1. The van der Waals surface area contributed by atoms with Crippen molar-refractivity contribution in [3.63, 3.8) is 0 Å². The number of ether oxygens (including phenoxy) is 1. The van der Waals surface area contributed by atoms with Gasteiger partial charge in [-0.2, -0.15) is 0 Å². The van der Waals surface area contributed by atoms with Gasteiger partial charge in [0.15, 0.2) is 0 Å². The van der Waals surface area contributed by atoms with Crippen LogP contribution in [-0.4, -0.2) is 24.2 Å². The van der Waals surface area contributed by atoms with Gasteiger partial charge in [0.2, 0.25) is 0 Å². The Hall–Kier alpha value is -1.26. The van der Waals surface area contributed by atoms with Crippen LogP contribution in [0.5, 0.6) is 5.75 Å². The molecule has 4 nitrogen and oxygen atoms in total. The molecule has 3 N–H and O–H groups in total. The third kappa shape index (κ3) is 3.91. The lowest BCUT2D eigenvalue weighted by Crippen LogP contribution is -2.34. The number of benzene rings is 1. The highest BCUT2D eigenvalue weighted by atomic mass is 35.5. The molecule has 0 aliphatic heterocycles. The highest BCUT2D eigenvalue weighted by Gasteiger charge is 2.16. The largest absolute Gasteiger partial charge is 0.508 e. The van der Waals surface area contributed by atoms with Crippen LogP contribution in [-0.2, 0) is 16.0 Å². The molecule has 1 aromatic carbocycles. The van der Waals surface area contributed by atoms with Crippen molar-refractivity contribution in [2.75, 3.05) is 7.11 Å². The number of carbonyl (C=O) groups is 1. The summed E-state index contributed by atoms with van der Waals surface area (Å²) in [5.41, 5.74) is 8.54. The zero-order chi connectivity index (χ0) is 12.3. The Morgan fingerprint density at radius 3 is 2.29 bits per heavy atom. The molecule has 0 saturated heterocycles. The first-order chi connectivity index (χ1) is 7.45. The van der Waals surface area contributed by atoms with Gasteiger partial charge in [0.05, 0.1) is 7.11 Å². The van der Waals surface area contributed by atoms with Crippen LogP contribution in [0.15, 0.2) is 12.1 Å². The summed E-state index contributed by atoms with van der Waals surface area (Å²) >= 11 is 0. The maximum Gasteiger partial charge on any atom is 0.322 e. The normalized spacial score (nSPS) is 11.5. The van der Waals surface area contributed by atoms with Gasteiger partial charge in [-0.25, -0.2) is 0 Å². The lowest BCUT2D eigenvalue weighted by Gasteiger charge is -2.14. The third-order valence-corrected chi connectivity index (χ3v) is 2.61. The molecule has 0 amide bonds. The van der Waals surface area contributed by atoms with Crippen molar-refractivity contribution in [2.45, 2.75) is 26.3 Å². The van der Waals surface area contributed by atoms with E-state index in [0.29, 0.717) is 6.42 Å². The van der Waals surface area contributed by atoms with Crippen LogP contribution in [0.3, 0.4) is 0 Å². The van der Waals surface area contributed by atoms with Gasteiger partial charge >= 0.3 is 5.97 Å². The maximum absolute atomic E-state index is 11.2. The molecule has 0 aliphatic carbocycles. The molecular weight excluding hydrogens is 242 g/mol. The standard InChI is InChI=1S/C12H17NO3.ClH/c1-7-4-9(14)5-8(2)10(7)6-11(13)12(15)16-3;/h4-5,11,14H,6,13H2,1-3H3;1H. The SMILES string of the molecule is COC(=O)C(N)Cc1c(C)cc(O)cc1C.Cl. The first-order valence-electron chi connectivity index (χ1n) is 5.08. The van der Waals surface area contributed by atoms with Crippen molar-refractivity contribution >= 4 is 18.4 Å². The average molecular weight is 260 g/mol. The monoisotopic (exact) mass is 259 g/mol. The fraction of sp³-hybridized carbons (Fsp3) is 0.417. The number of methoxy groups -OCH3 is 1. The molecule has 0 bridgehead atoms. The number of esters is 1. The minimum atomic E-state index is -0.660. The first kappa shape index (κ1) is 15.7. The molecule has 0 saturated carbocycles. The molecule has 0 spiro atoms. The van der Waals surface area contributed by atoms with Gasteiger partial charge in [0, 0.05) is 0 Å². The maximum atomic E-state index is 11.2. The van der Waals surface area contributed by atoms with E-state index in [1.54, 1.807) is 12.1 Å². The molecule has 0 aliphatic rings. The number of hydrogen-bond donors (Lipinski definition) is 2. The second-order valence-electron chi connectivity index (χ2n) is 3.89. The smallest absolute Gasteiger partial charge is 0.322 e. The van der Waals surface area contributed by atoms with Gasteiger partial charge in [-0.15, -0.1) is 12.4 Å². The summed E-state index contributed by atoms with van der Waals surface area (Å²) in [7, 11) is 1.32. The van der Waals surface area contributed by atoms with Crippen molar-refractivity contribution in [2.24, 2.45) is 5.73 Å². The Balaban J connectivity index is 0.00000256. The van der Waals surface area contributed by atoms with Crippen LogP contribution in [0.25, 0.3) is 0 Å². The minimum absolute atomic E-state index is 0. The zero-order valence-electron chi connectivity index (χ0n) is 10.2. The van der Waals surface area contributed by atoms with Crippen molar-refractivity contribution in [3.8, 4) is 5.75 Å². The van der Waals surface area contributed by atoms with Gasteiger partial charge in [-0.05, 0) is 49.1 Å². The lowest BCUT2D eigenvalue weighted by molar-refractivity contribution is -0.142. The molecule has 1 aromatic rings. The summed E-state index contributed by atoms with van der Waals surface area (Å²) in [5, 5.41) is 9.38. The number of halogens is 1. The van der Waals surface area contributed by atoms with Gasteiger partial charge in [-0.3, -0.25) is 4.79 Å². The van der Waals surface area contributed by atoms with Crippen LogP contribution in [0, 0.1) is 13.8 Å². The molecule has 0 heterocycles. The number of phenols is 1. The fourth-order valence-electron chi connectivity index (χ4n) is 1.75. The van der Waals surface area contributed by atoms with E-state index in [-0.39, 0.29) is 18.2 Å². The van der Waals surface area contributed by atoms with E-state index in [1.807, 2.05) is 13.8 Å². The van der Waals surface area contributed by atoms with Crippen molar-refractivity contribution in [3.05, 3.63) is 28.8 Å². The molecule has 17 heavy (non-hydrogen) atoms. The molecule has 1 rings (SSSR count). The lowest BCUT2D eigenvalue weighted by atomic mass is 9.96. The third-order valence-electron chi connectivity index (χ3n) is 2.61. The number of hydrogen-bond acceptors (Lipinski definition) is 4. The quantitative estimate of drug-likeness (QED) is 0.807. The number of rotatable bonds is 3. The minimum Gasteiger partial charge on any atom is -0.508 e. The Kier molecular flexibility index (Phi) is 5.99. The van der Waals surface area contributed by atoms with Crippen LogP contribution in [0.2, 0.25) is 0 Å². The van der Waals surface area contributed by atoms with Crippen molar-refractivity contribution in [1.29, 1.82) is 0 Å². The van der Waals surface area contributed by atoms with Gasteiger partial charge in [0.25, 0.3) is 0 Å². The summed E-state index contributed by atoms with van der Waals surface area (Å²) in [6.45, 7) is 3.76. The van der Waals surface area contributed by atoms with Crippen LogP contribution in [0.4, 0.5) is 0 Å². The Morgan fingerprint density at radius 1 is 1.41 bits per heavy atom. The summed E-state index contributed by atoms with van der Waals surface area (Å²) in [4.78, 5) is 11.2. The van der Waals surface area contributed by atoms with E-state index in [2.05, 4.69) is 4.74 Å². The average Bonchev–Trinajstić information content (AvgIpc) is 2.21. The van der Waals surface area contributed by atoms with Gasteiger partial charge < -0.3 is 15.6 Å². The van der Waals surface area contributed by atoms with E-state index in [9.17, 15) is 9.90 Å². The molecular formula is C12H18ClNO3.